The smallest absolute Gasteiger partial charge is 0.338 e. The van der Waals surface area contributed by atoms with E-state index in [1.165, 1.54) is 12.4 Å². The molecule has 0 radical (unpaired) electrons. The summed E-state index contributed by atoms with van der Waals surface area (Å²) in [6, 6.07) is 15.1. The third kappa shape index (κ3) is 4.99. The lowest BCUT2D eigenvalue weighted by atomic mass is 10.1. The molecule has 8 nitrogen and oxygen atoms in total. The number of imide groups is 1. The molecule has 31 heavy (non-hydrogen) atoms. The highest BCUT2D eigenvalue weighted by Crippen LogP contribution is 2.23. The number of hydrogen-bond acceptors (Lipinski definition) is 7. The minimum Gasteiger partial charge on any atom is -0.456 e. The lowest BCUT2D eigenvalue weighted by molar-refractivity contribution is -0.102. The molecule has 1 aliphatic rings. The normalized spacial score (nSPS) is 12.1. The fourth-order valence-corrected chi connectivity index (χ4v) is 2.74. The third-order valence-corrected chi connectivity index (χ3v) is 4.22. The lowest BCUT2D eigenvalue weighted by Gasteiger charge is -2.12. The number of benzene rings is 2. The molecule has 0 saturated carbocycles. The molecule has 2 amide bonds. The van der Waals surface area contributed by atoms with Gasteiger partial charge in [0.2, 0.25) is 0 Å². The number of hydrogen-bond donors (Lipinski definition) is 0. The second kappa shape index (κ2) is 10.2. The number of carbonyl (C=O) groups excluding carboxylic acids is 3. The number of ether oxygens (including phenoxy) is 1. The van der Waals surface area contributed by atoms with Gasteiger partial charge in [0.25, 0.3) is 11.8 Å². The maximum absolute atomic E-state index is 12.2. The van der Waals surface area contributed by atoms with Crippen LogP contribution in [0.5, 0.6) is 0 Å². The van der Waals surface area contributed by atoms with Crippen LogP contribution in [0.1, 0.15) is 56.3 Å². The number of amides is 2. The van der Waals surface area contributed by atoms with Crippen LogP contribution in [0.15, 0.2) is 67.0 Å². The molecule has 3 aromatic rings. The standard InChI is InChI=1S/C21H15N3O5.C2H6/c25-19-17-8-4-5-9-18(17)20(26)24(19)29-13-16-11-22-15(10-23-16)12-28-21(27)14-6-2-1-3-7-14;1-2/h1-11H,12-13H2;1-2H3. The Morgan fingerprint density at radius 3 is 1.87 bits per heavy atom. The molecular formula is C23H21N3O5. The molecule has 0 fully saturated rings. The van der Waals surface area contributed by atoms with Crippen molar-refractivity contribution in [2.45, 2.75) is 27.1 Å². The Bertz CT molecular complexity index is 1030. The number of hydroxylamine groups is 2. The molecule has 1 aliphatic heterocycles. The van der Waals surface area contributed by atoms with Crippen LogP contribution < -0.4 is 0 Å². The van der Waals surface area contributed by atoms with Crippen LogP contribution >= 0.6 is 0 Å². The average Bonchev–Trinajstić information content (AvgIpc) is 3.08. The van der Waals surface area contributed by atoms with E-state index in [-0.39, 0.29) is 13.2 Å². The molecule has 158 valence electrons. The van der Waals surface area contributed by atoms with E-state index in [1.807, 2.05) is 19.9 Å². The first-order chi connectivity index (χ1) is 15.1. The van der Waals surface area contributed by atoms with Gasteiger partial charge >= 0.3 is 5.97 Å². The highest BCUT2D eigenvalue weighted by Gasteiger charge is 2.36. The summed E-state index contributed by atoms with van der Waals surface area (Å²) in [5.74, 6) is -1.48. The first-order valence-electron chi connectivity index (χ1n) is 9.76. The van der Waals surface area contributed by atoms with E-state index < -0.39 is 17.8 Å². The molecule has 2 aromatic carbocycles. The molecule has 4 rings (SSSR count). The van der Waals surface area contributed by atoms with Crippen molar-refractivity contribution >= 4 is 17.8 Å². The molecule has 0 spiro atoms. The van der Waals surface area contributed by atoms with Crippen molar-refractivity contribution in [2.24, 2.45) is 0 Å². The fourth-order valence-electron chi connectivity index (χ4n) is 2.74. The number of carbonyl (C=O) groups is 3. The zero-order chi connectivity index (χ0) is 22.2. The van der Waals surface area contributed by atoms with Crippen molar-refractivity contribution in [1.29, 1.82) is 0 Å². The summed E-state index contributed by atoms with van der Waals surface area (Å²) in [6.45, 7) is 3.86. The van der Waals surface area contributed by atoms with E-state index in [1.54, 1.807) is 48.5 Å². The minimum atomic E-state index is -0.511. The van der Waals surface area contributed by atoms with E-state index >= 15 is 0 Å². The summed E-state index contributed by atoms with van der Waals surface area (Å²) in [6.07, 6.45) is 2.88. The Morgan fingerprint density at radius 1 is 0.806 bits per heavy atom. The van der Waals surface area contributed by atoms with Crippen LogP contribution in [0, 0.1) is 0 Å². The number of rotatable bonds is 6. The second-order valence-electron chi connectivity index (χ2n) is 6.16. The maximum atomic E-state index is 12.2. The zero-order valence-electron chi connectivity index (χ0n) is 17.1. The minimum absolute atomic E-state index is 0.0275. The van der Waals surface area contributed by atoms with Crippen molar-refractivity contribution in [3.05, 3.63) is 95.1 Å². The second-order valence-corrected chi connectivity index (χ2v) is 6.16. The van der Waals surface area contributed by atoms with Crippen LogP contribution in [0.2, 0.25) is 0 Å². The molecule has 8 heteroatoms. The van der Waals surface area contributed by atoms with Gasteiger partial charge in [-0.25, -0.2) is 4.79 Å². The van der Waals surface area contributed by atoms with Gasteiger partial charge in [0, 0.05) is 0 Å². The van der Waals surface area contributed by atoms with Gasteiger partial charge in [-0.15, -0.1) is 5.06 Å². The molecule has 0 N–H and O–H groups in total. The van der Waals surface area contributed by atoms with Crippen LogP contribution in [-0.2, 0) is 22.8 Å². The monoisotopic (exact) mass is 419 g/mol. The van der Waals surface area contributed by atoms with Crippen LogP contribution in [0.25, 0.3) is 0 Å². The molecule has 0 saturated heterocycles. The van der Waals surface area contributed by atoms with E-state index in [0.717, 1.165) is 5.06 Å². The summed E-state index contributed by atoms with van der Waals surface area (Å²) >= 11 is 0. The van der Waals surface area contributed by atoms with E-state index in [0.29, 0.717) is 28.1 Å². The Balaban J connectivity index is 0.00000132. The number of esters is 1. The van der Waals surface area contributed by atoms with Crippen LogP contribution in [0.4, 0.5) is 0 Å². The van der Waals surface area contributed by atoms with Gasteiger partial charge in [0.15, 0.2) is 0 Å². The maximum Gasteiger partial charge on any atom is 0.338 e. The molecule has 0 unspecified atom stereocenters. The summed E-state index contributed by atoms with van der Waals surface area (Å²) < 4.78 is 5.19. The molecular weight excluding hydrogens is 398 g/mol. The van der Waals surface area contributed by atoms with Crippen molar-refractivity contribution in [3.8, 4) is 0 Å². The predicted octanol–water partition coefficient (Wildman–Crippen LogP) is 3.59. The van der Waals surface area contributed by atoms with Gasteiger partial charge < -0.3 is 4.74 Å². The third-order valence-electron chi connectivity index (χ3n) is 4.22. The highest BCUT2D eigenvalue weighted by atomic mass is 16.7. The van der Waals surface area contributed by atoms with Crippen molar-refractivity contribution in [3.63, 3.8) is 0 Å². The largest absolute Gasteiger partial charge is 0.456 e. The summed E-state index contributed by atoms with van der Waals surface area (Å²) in [4.78, 5) is 50.1. The first kappa shape index (κ1) is 21.8. The van der Waals surface area contributed by atoms with Crippen LogP contribution in [-0.4, -0.2) is 32.8 Å². The van der Waals surface area contributed by atoms with Gasteiger partial charge in [-0.05, 0) is 24.3 Å². The molecule has 0 bridgehead atoms. The van der Waals surface area contributed by atoms with Gasteiger partial charge in [0.05, 0.1) is 40.5 Å². The predicted molar refractivity (Wildman–Crippen MR) is 111 cm³/mol. The van der Waals surface area contributed by atoms with Gasteiger partial charge in [-0.3, -0.25) is 24.4 Å². The van der Waals surface area contributed by atoms with Crippen molar-refractivity contribution in [1.82, 2.24) is 15.0 Å². The summed E-state index contributed by atoms with van der Waals surface area (Å²) in [5, 5.41) is 0.724. The van der Waals surface area contributed by atoms with Crippen molar-refractivity contribution in [2.75, 3.05) is 0 Å². The topological polar surface area (TPSA) is 98.7 Å². The molecule has 0 atom stereocenters. The Morgan fingerprint density at radius 2 is 1.32 bits per heavy atom. The lowest BCUT2D eigenvalue weighted by Crippen LogP contribution is -2.29. The first-order valence-corrected chi connectivity index (χ1v) is 9.76. The molecule has 1 aromatic heterocycles. The Hall–Kier alpha value is -3.91. The highest BCUT2D eigenvalue weighted by molar-refractivity contribution is 6.20. The molecule has 0 aliphatic carbocycles. The number of aromatic nitrogens is 2. The zero-order valence-corrected chi connectivity index (χ0v) is 17.1. The SMILES string of the molecule is CC.O=C(OCc1cnc(CON2C(=O)c3ccccc3C2=O)cn1)c1ccccc1. The van der Waals surface area contributed by atoms with Gasteiger partial charge in [0.1, 0.15) is 13.2 Å². The summed E-state index contributed by atoms with van der Waals surface area (Å²) in [5.41, 5.74) is 1.93. The van der Waals surface area contributed by atoms with E-state index in [4.69, 9.17) is 9.57 Å². The quantitative estimate of drug-likeness (QED) is 0.445. The average molecular weight is 419 g/mol. The van der Waals surface area contributed by atoms with E-state index in [2.05, 4.69) is 9.97 Å². The fraction of sp³-hybridized carbons (Fsp3) is 0.174. The molecule has 2 heterocycles. The summed E-state index contributed by atoms with van der Waals surface area (Å²) in [7, 11) is 0. The Labute approximate surface area is 179 Å². The van der Waals surface area contributed by atoms with Gasteiger partial charge in [-0.2, -0.15) is 0 Å². The number of fused-ring (bicyclic) bond motifs is 1. The van der Waals surface area contributed by atoms with E-state index in [9.17, 15) is 14.4 Å². The number of nitrogens with zero attached hydrogens (tertiary/aromatic N) is 3. The van der Waals surface area contributed by atoms with Crippen LogP contribution in [0.3, 0.4) is 0 Å². The van der Waals surface area contributed by atoms with Gasteiger partial charge in [-0.1, -0.05) is 44.2 Å². The Kier molecular flexibility index (Phi) is 7.18. The van der Waals surface area contributed by atoms with Crippen molar-refractivity contribution < 1.29 is 24.0 Å².